The van der Waals surface area contributed by atoms with E-state index < -0.39 is 0 Å². The minimum Gasteiger partial charge on any atom is -0.398 e. The van der Waals surface area contributed by atoms with Crippen LogP contribution in [0.2, 0.25) is 0 Å². The lowest BCUT2D eigenvalue weighted by Crippen LogP contribution is -2.36. The molecule has 0 spiro atoms. The van der Waals surface area contributed by atoms with Crippen LogP contribution in [0.3, 0.4) is 0 Å². The van der Waals surface area contributed by atoms with E-state index in [9.17, 15) is 4.79 Å². The molecule has 94 valence electrons. The molecular formula is C12H20N4O. The van der Waals surface area contributed by atoms with Gasteiger partial charge < -0.3 is 16.4 Å². The first-order chi connectivity index (χ1) is 7.90. The maximum absolute atomic E-state index is 11.0. The molecule has 0 saturated heterocycles. The number of nitrogens with two attached hydrogens (primary N) is 2. The molecule has 0 fully saturated rings. The first-order valence-corrected chi connectivity index (χ1v) is 5.65. The molecular weight excluding hydrogens is 216 g/mol. The molecule has 0 saturated carbocycles. The summed E-state index contributed by atoms with van der Waals surface area (Å²) >= 11 is 0. The number of carbonyl (C=O) groups excluding carboxylic acids is 1. The van der Waals surface area contributed by atoms with E-state index in [1.54, 1.807) is 12.3 Å². The van der Waals surface area contributed by atoms with Gasteiger partial charge in [-0.3, -0.25) is 4.79 Å². The van der Waals surface area contributed by atoms with Gasteiger partial charge >= 0.3 is 0 Å². The molecule has 0 aliphatic rings. The van der Waals surface area contributed by atoms with E-state index in [4.69, 9.17) is 11.5 Å². The van der Waals surface area contributed by atoms with Crippen LogP contribution in [0.5, 0.6) is 0 Å². The molecule has 1 heterocycles. The van der Waals surface area contributed by atoms with Crippen molar-refractivity contribution in [2.75, 3.05) is 23.7 Å². The van der Waals surface area contributed by atoms with Crippen molar-refractivity contribution in [3.05, 3.63) is 17.8 Å². The summed E-state index contributed by atoms with van der Waals surface area (Å²) in [6.45, 7) is 6.93. The Hall–Kier alpha value is -1.78. The molecule has 0 aliphatic carbocycles. The SMILES string of the molecule is Cc1cnc(N(CC(N)=O)CC(C)C)cc1N. The zero-order valence-corrected chi connectivity index (χ0v) is 10.6. The van der Waals surface area contributed by atoms with Crippen molar-refractivity contribution in [1.29, 1.82) is 0 Å². The van der Waals surface area contributed by atoms with Gasteiger partial charge in [0.2, 0.25) is 5.91 Å². The minimum absolute atomic E-state index is 0.160. The number of nitrogens with zero attached hydrogens (tertiary/aromatic N) is 2. The average Bonchev–Trinajstić information content (AvgIpc) is 2.19. The summed E-state index contributed by atoms with van der Waals surface area (Å²) in [5.74, 6) is 0.742. The van der Waals surface area contributed by atoms with Crippen molar-refractivity contribution in [3.63, 3.8) is 0 Å². The number of amides is 1. The number of aromatic nitrogens is 1. The summed E-state index contributed by atoms with van der Waals surface area (Å²) < 4.78 is 0. The van der Waals surface area contributed by atoms with E-state index in [1.165, 1.54) is 0 Å². The van der Waals surface area contributed by atoms with Crippen molar-refractivity contribution in [2.45, 2.75) is 20.8 Å². The fraction of sp³-hybridized carbons (Fsp3) is 0.500. The van der Waals surface area contributed by atoms with E-state index in [0.717, 1.165) is 12.1 Å². The highest BCUT2D eigenvalue weighted by Gasteiger charge is 2.13. The van der Waals surface area contributed by atoms with Crippen LogP contribution in [0.4, 0.5) is 11.5 Å². The van der Waals surface area contributed by atoms with E-state index in [-0.39, 0.29) is 12.5 Å². The second kappa shape index (κ2) is 5.52. The first-order valence-electron chi connectivity index (χ1n) is 5.65. The number of rotatable bonds is 5. The van der Waals surface area contributed by atoms with Crippen LogP contribution >= 0.6 is 0 Å². The van der Waals surface area contributed by atoms with Gasteiger partial charge in [0.1, 0.15) is 5.82 Å². The Kier molecular flexibility index (Phi) is 4.31. The van der Waals surface area contributed by atoms with Crippen LogP contribution in [0.25, 0.3) is 0 Å². The number of carbonyl (C=O) groups is 1. The molecule has 5 heteroatoms. The van der Waals surface area contributed by atoms with E-state index in [2.05, 4.69) is 18.8 Å². The fourth-order valence-corrected chi connectivity index (χ4v) is 1.57. The third kappa shape index (κ3) is 3.94. The molecule has 4 N–H and O–H groups in total. The summed E-state index contributed by atoms with van der Waals surface area (Å²) in [5, 5.41) is 0. The zero-order valence-electron chi connectivity index (χ0n) is 10.6. The van der Waals surface area contributed by atoms with Crippen molar-refractivity contribution in [2.24, 2.45) is 11.7 Å². The molecule has 1 rings (SSSR count). The van der Waals surface area contributed by atoms with Gasteiger partial charge in [0.25, 0.3) is 0 Å². The molecule has 0 unspecified atom stereocenters. The predicted molar refractivity (Wildman–Crippen MR) is 69.6 cm³/mol. The number of hydrogen-bond donors (Lipinski definition) is 2. The van der Waals surface area contributed by atoms with Crippen molar-refractivity contribution >= 4 is 17.4 Å². The van der Waals surface area contributed by atoms with Gasteiger partial charge in [-0.15, -0.1) is 0 Å². The van der Waals surface area contributed by atoms with E-state index in [1.807, 2.05) is 11.8 Å². The van der Waals surface area contributed by atoms with E-state index in [0.29, 0.717) is 17.4 Å². The van der Waals surface area contributed by atoms with Gasteiger partial charge in [0, 0.05) is 24.5 Å². The molecule has 0 aromatic carbocycles. The standard InChI is InChI=1S/C12H20N4O/c1-8(2)6-16(7-11(14)17)12-4-10(13)9(3)5-15-12/h4-5,8H,6-7H2,1-3H3,(H2,13,15)(H2,14,17). The summed E-state index contributed by atoms with van der Waals surface area (Å²) in [4.78, 5) is 17.2. The lowest BCUT2D eigenvalue weighted by molar-refractivity contribution is -0.116. The topological polar surface area (TPSA) is 85.2 Å². The molecule has 0 atom stereocenters. The maximum atomic E-state index is 11.0. The molecule has 1 aromatic rings. The lowest BCUT2D eigenvalue weighted by Gasteiger charge is -2.24. The number of anilines is 2. The van der Waals surface area contributed by atoms with Gasteiger partial charge in [0.05, 0.1) is 6.54 Å². The third-order valence-electron chi connectivity index (χ3n) is 2.39. The zero-order chi connectivity index (χ0) is 13.0. The summed E-state index contributed by atoms with van der Waals surface area (Å²) in [7, 11) is 0. The highest BCUT2D eigenvalue weighted by atomic mass is 16.1. The predicted octanol–water partition coefficient (Wildman–Crippen LogP) is 0.920. The molecule has 17 heavy (non-hydrogen) atoms. The Balaban J connectivity index is 2.94. The van der Waals surface area contributed by atoms with Crippen LogP contribution in [-0.2, 0) is 4.79 Å². The highest BCUT2D eigenvalue weighted by Crippen LogP contribution is 2.18. The Morgan fingerprint density at radius 3 is 2.65 bits per heavy atom. The van der Waals surface area contributed by atoms with Crippen molar-refractivity contribution < 1.29 is 4.79 Å². The van der Waals surface area contributed by atoms with Crippen molar-refractivity contribution in [1.82, 2.24) is 4.98 Å². The molecule has 0 radical (unpaired) electrons. The second-order valence-corrected chi connectivity index (χ2v) is 4.64. The Labute approximate surface area is 102 Å². The Bertz CT molecular complexity index is 403. The smallest absolute Gasteiger partial charge is 0.236 e. The quantitative estimate of drug-likeness (QED) is 0.796. The highest BCUT2D eigenvalue weighted by molar-refractivity contribution is 5.79. The molecule has 5 nitrogen and oxygen atoms in total. The molecule has 1 amide bonds. The van der Waals surface area contributed by atoms with Crippen molar-refractivity contribution in [3.8, 4) is 0 Å². The van der Waals surface area contributed by atoms with Gasteiger partial charge in [-0.2, -0.15) is 0 Å². The number of aryl methyl sites for hydroxylation is 1. The van der Waals surface area contributed by atoms with Crippen LogP contribution < -0.4 is 16.4 Å². The van der Waals surface area contributed by atoms with Gasteiger partial charge in [0.15, 0.2) is 0 Å². The van der Waals surface area contributed by atoms with Crippen LogP contribution in [0.1, 0.15) is 19.4 Å². The molecule has 1 aromatic heterocycles. The number of hydrogen-bond acceptors (Lipinski definition) is 4. The van der Waals surface area contributed by atoms with Gasteiger partial charge in [-0.25, -0.2) is 4.98 Å². The van der Waals surface area contributed by atoms with E-state index >= 15 is 0 Å². The minimum atomic E-state index is -0.369. The summed E-state index contributed by atoms with van der Waals surface area (Å²) in [6.07, 6.45) is 1.71. The van der Waals surface area contributed by atoms with Crippen LogP contribution in [0, 0.1) is 12.8 Å². The fourth-order valence-electron chi connectivity index (χ4n) is 1.57. The van der Waals surface area contributed by atoms with Gasteiger partial charge in [-0.05, 0) is 18.4 Å². The lowest BCUT2D eigenvalue weighted by atomic mass is 10.2. The first kappa shape index (κ1) is 13.3. The largest absolute Gasteiger partial charge is 0.398 e. The number of nitrogen functional groups attached to an aromatic ring is 1. The number of pyridine rings is 1. The average molecular weight is 236 g/mol. The van der Waals surface area contributed by atoms with Crippen LogP contribution in [-0.4, -0.2) is 24.0 Å². The monoisotopic (exact) mass is 236 g/mol. The third-order valence-corrected chi connectivity index (χ3v) is 2.39. The van der Waals surface area contributed by atoms with Crippen LogP contribution in [0.15, 0.2) is 12.3 Å². The summed E-state index contributed by atoms with van der Waals surface area (Å²) in [5.41, 5.74) is 12.7. The Morgan fingerprint density at radius 1 is 1.53 bits per heavy atom. The molecule has 0 bridgehead atoms. The van der Waals surface area contributed by atoms with Gasteiger partial charge in [-0.1, -0.05) is 13.8 Å². The normalized spacial score (nSPS) is 10.6. The second-order valence-electron chi connectivity index (χ2n) is 4.64. The maximum Gasteiger partial charge on any atom is 0.236 e. The Morgan fingerprint density at radius 2 is 2.18 bits per heavy atom. The summed E-state index contributed by atoms with van der Waals surface area (Å²) in [6, 6.07) is 1.78. The number of primary amides is 1. The molecule has 0 aliphatic heterocycles.